The lowest BCUT2D eigenvalue weighted by molar-refractivity contribution is 0.340. The van der Waals surface area contributed by atoms with Gasteiger partial charge in [-0.3, -0.25) is 0 Å². The van der Waals surface area contributed by atoms with Crippen molar-refractivity contribution in [2.45, 2.75) is 11.8 Å². The van der Waals surface area contributed by atoms with E-state index in [9.17, 15) is 8.42 Å². The molecule has 23 heavy (non-hydrogen) atoms. The van der Waals surface area contributed by atoms with Crippen molar-refractivity contribution in [3.8, 4) is 11.8 Å². The van der Waals surface area contributed by atoms with Gasteiger partial charge >= 0.3 is 0 Å². The van der Waals surface area contributed by atoms with Crippen molar-refractivity contribution < 1.29 is 13.2 Å². The highest BCUT2D eigenvalue weighted by Gasteiger charge is 2.12. The van der Waals surface area contributed by atoms with Crippen molar-refractivity contribution in [2.24, 2.45) is 5.10 Å². The van der Waals surface area contributed by atoms with E-state index in [0.717, 1.165) is 0 Å². The van der Waals surface area contributed by atoms with Gasteiger partial charge in [-0.2, -0.15) is 18.8 Å². The van der Waals surface area contributed by atoms with Crippen molar-refractivity contribution in [1.29, 1.82) is 5.26 Å². The summed E-state index contributed by atoms with van der Waals surface area (Å²) in [7, 11) is -3.73. The number of ether oxygens (including phenoxy) is 1. The largest absolute Gasteiger partial charge is 0.494 e. The van der Waals surface area contributed by atoms with Crippen LogP contribution < -0.4 is 9.57 Å². The maximum atomic E-state index is 12.1. The zero-order valence-electron chi connectivity index (χ0n) is 12.4. The third-order valence-electron chi connectivity index (χ3n) is 2.87. The molecule has 0 unspecified atom stereocenters. The molecule has 0 heterocycles. The first-order chi connectivity index (χ1) is 11.0. The summed E-state index contributed by atoms with van der Waals surface area (Å²) >= 11 is 0. The van der Waals surface area contributed by atoms with Gasteiger partial charge in [0.2, 0.25) is 0 Å². The second-order valence-electron chi connectivity index (χ2n) is 4.49. The summed E-state index contributed by atoms with van der Waals surface area (Å²) in [4.78, 5) is 2.23. The van der Waals surface area contributed by atoms with E-state index >= 15 is 0 Å². The Morgan fingerprint density at radius 1 is 1.17 bits per heavy atom. The van der Waals surface area contributed by atoms with Gasteiger partial charge in [0.15, 0.2) is 0 Å². The van der Waals surface area contributed by atoms with E-state index in [1.807, 2.05) is 13.0 Å². The van der Waals surface area contributed by atoms with Crippen molar-refractivity contribution >= 4 is 16.2 Å². The molecule has 2 rings (SSSR count). The number of nitrogens with zero attached hydrogens (tertiary/aromatic N) is 2. The predicted octanol–water partition coefficient (Wildman–Crippen LogP) is 2.27. The number of hydrogen-bond donors (Lipinski definition) is 1. The molecule has 0 aliphatic heterocycles. The minimum atomic E-state index is -3.73. The molecular formula is C16H15N3O3S. The minimum absolute atomic E-state index is 0.0953. The quantitative estimate of drug-likeness (QED) is 0.650. The average Bonchev–Trinajstić information content (AvgIpc) is 2.56. The molecule has 0 aromatic heterocycles. The Morgan fingerprint density at radius 3 is 2.39 bits per heavy atom. The van der Waals surface area contributed by atoms with E-state index < -0.39 is 10.0 Å². The lowest BCUT2D eigenvalue weighted by atomic mass is 10.2. The Balaban J connectivity index is 2.05. The molecule has 0 amide bonds. The fourth-order valence-electron chi connectivity index (χ4n) is 1.75. The molecular weight excluding hydrogens is 314 g/mol. The van der Waals surface area contributed by atoms with Gasteiger partial charge in [0.25, 0.3) is 10.0 Å². The lowest BCUT2D eigenvalue weighted by Gasteiger charge is -2.05. The average molecular weight is 329 g/mol. The van der Waals surface area contributed by atoms with Crippen LogP contribution in [0.3, 0.4) is 0 Å². The highest BCUT2D eigenvalue weighted by Crippen LogP contribution is 2.15. The van der Waals surface area contributed by atoms with E-state index in [2.05, 4.69) is 9.93 Å². The summed E-state index contributed by atoms with van der Waals surface area (Å²) in [6.07, 6.45) is 1.37. The first-order valence-electron chi connectivity index (χ1n) is 6.83. The molecule has 0 aliphatic rings. The molecule has 6 nitrogen and oxygen atoms in total. The SMILES string of the molecule is CCOc1ccc(S(=O)(=O)N/N=C\c2ccc(C#N)cc2)cc1. The van der Waals surface area contributed by atoms with Crippen LogP contribution in [0.4, 0.5) is 0 Å². The van der Waals surface area contributed by atoms with E-state index in [4.69, 9.17) is 10.00 Å². The Kier molecular flexibility index (Phi) is 5.33. The Morgan fingerprint density at radius 2 is 1.83 bits per heavy atom. The number of rotatable bonds is 6. The standard InChI is InChI=1S/C16H15N3O3S/c1-2-22-15-7-9-16(10-8-15)23(20,21)19-18-12-14-5-3-13(11-17)4-6-14/h3-10,12,19H,2H2,1H3/b18-12-. The van der Waals surface area contributed by atoms with Gasteiger partial charge in [0, 0.05) is 0 Å². The van der Waals surface area contributed by atoms with Crippen LogP contribution in [0.1, 0.15) is 18.1 Å². The fraction of sp³-hybridized carbons (Fsp3) is 0.125. The molecule has 1 N–H and O–H groups in total. The van der Waals surface area contributed by atoms with Gasteiger partial charge in [-0.25, -0.2) is 4.83 Å². The zero-order valence-corrected chi connectivity index (χ0v) is 13.2. The van der Waals surface area contributed by atoms with Gasteiger partial charge in [0.1, 0.15) is 5.75 Å². The monoisotopic (exact) mass is 329 g/mol. The summed E-state index contributed by atoms with van der Waals surface area (Å²) in [5.41, 5.74) is 1.20. The third-order valence-corrected chi connectivity index (χ3v) is 4.11. The molecule has 0 atom stereocenters. The van der Waals surface area contributed by atoms with E-state index in [1.54, 1.807) is 36.4 Å². The van der Waals surface area contributed by atoms with Crippen molar-refractivity contribution in [2.75, 3.05) is 6.61 Å². The van der Waals surface area contributed by atoms with Gasteiger partial charge in [-0.1, -0.05) is 12.1 Å². The van der Waals surface area contributed by atoms with Crippen LogP contribution in [0.5, 0.6) is 5.75 Å². The maximum absolute atomic E-state index is 12.1. The topological polar surface area (TPSA) is 91.6 Å². The second kappa shape index (κ2) is 7.42. The van der Waals surface area contributed by atoms with Gasteiger partial charge in [-0.05, 0) is 48.9 Å². The third kappa shape index (κ3) is 4.56. The molecule has 0 saturated carbocycles. The second-order valence-corrected chi connectivity index (χ2v) is 6.15. The van der Waals surface area contributed by atoms with Crippen molar-refractivity contribution in [3.05, 3.63) is 59.7 Å². The van der Waals surface area contributed by atoms with Crippen molar-refractivity contribution in [3.63, 3.8) is 0 Å². The van der Waals surface area contributed by atoms with Gasteiger partial charge in [-0.15, -0.1) is 0 Å². The fourth-order valence-corrected chi connectivity index (χ4v) is 2.54. The zero-order chi connectivity index (χ0) is 16.7. The van der Waals surface area contributed by atoms with Crippen LogP contribution in [0.25, 0.3) is 0 Å². The predicted molar refractivity (Wildman–Crippen MR) is 86.7 cm³/mol. The van der Waals surface area contributed by atoms with Crippen LogP contribution in [-0.4, -0.2) is 21.2 Å². The lowest BCUT2D eigenvalue weighted by Crippen LogP contribution is -2.18. The summed E-state index contributed by atoms with van der Waals surface area (Å²) in [6, 6.07) is 14.7. The molecule has 0 spiro atoms. The number of hydrogen-bond acceptors (Lipinski definition) is 5. The maximum Gasteiger partial charge on any atom is 0.276 e. The highest BCUT2D eigenvalue weighted by atomic mass is 32.2. The molecule has 0 aliphatic carbocycles. The van der Waals surface area contributed by atoms with Crippen LogP contribution in [-0.2, 0) is 10.0 Å². The van der Waals surface area contributed by atoms with Crippen molar-refractivity contribution in [1.82, 2.24) is 4.83 Å². The molecule has 0 bridgehead atoms. The Bertz CT molecular complexity index is 820. The molecule has 0 fully saturated rings. The van der Waals surface area contributed by atoms with E-state index in [1.165, 1.54) is 18.3 Å². The first kappa shape index (κ1) is 16.5. The van der Waals surface area contributed by atoms with Crippen LogP contribution in [0.15, 0.2) is 58.5 Å². The minimum Gasteiger partial charge on any atom is -0.494 e. The molecule has 7 heteroatoms. The molecule has 0 radical (unpaired) electrons. The Labute approximate surface area is 135 Å². The molecule has 2 aromatic rings. The summed E-state index contributed by atoms with van der Waals surface area (Å²) in [5.74, 6) is 0.604. The van der Waals surface area contributed by atoms with Gasteiger partial charge in [0.05, 0.1) is 29.3 Å². The van der Waals surface area contributed by atoms with Crippen LogP contribution >= 0.6 is 0 Å². The number of benzene rings is 2. The van der Waals surface area contributed by atoms with Gasteiger partial charge < -0.3 is 4.74 Å². The number of nitriles is 1. The number of nitrogens with one attached hydrogen (secondary N) is 1. The molecule has 2 aromatic carbocycles. The van der Waals surface area contributed by atoms with E-state index in [-0.39, 0.29) is 4.90 Å². The summed E-state index contributed by atoms with van der Waals surface area (Å²) in [5, 5.41) is 12.4. The summed E-state index contributed by atoms with van der Waals surface area (Å²) < 4.78 is 29.4. The smallest absolute Gasteiger partial charge is 0.276 e. The Hall–Kier alpha value is -2.85. The number of hydrazone groups is 1. The highest BCUT2D eigenvalue weighted by molar-refractivity contribution is 7.89. The number of sulfonamides is 1. The normalized spacial score (nSPS) is 11.1. The van der Waals surface area contributed by atoms with E-state index in [0.29, 0.717) is 23.5 Å². The van der Waals surface area contributed by atoms with Crippen LogP contribution in [0, 0.1) is 11.3 Å². The molecule has 118 valence electrons. The summed E-state index contributed by atoms with van der Waals surface area (Å²) in [6.45, 7) is 2.36. The van der Waals surface area contributed by atoms with Crippen LogP contribution in [0.2, 0.25) is 0 Å². The molecule has 0 saturated heterocycles. The first-order valence-corrected chi connectivity index (χ1v) is 8.31.